The maximum atomic E-state index is 6.37. The Morgan fingerprint density at radius 1 is 1.17 bits per heavy atom. The second-order valence-electron chi connectivity index (χ2n) is 5.89. The lowest BCUT2D eigenvalue weighted by Crippen LogP contribution is -2.30. The minimum atomic E-state index is 0.413. The van der Waals surface area contributed by atoms with Crippen molar-refractivity contribution in [3.8, 4) is 0 Å². The van der Waals surface area contributed by atoms with Crippen molar-refractivity contribution in [3.05, 3.63) is 35.4 Å². The Hall–Kier alpha value is -0.470. The number of nitrogens with two attached hydrogens (primary N) is 1. The Morgan fingerprint density at radius 3 is 2.72 bits per heavy atom. The van der Waals surface area contributed by atoms with Gasteiger partial charge in [-0.25, -0.2) is 0 Å². The van der Waals surface area contributed by atoms with Gasteiger partial charge in [0.25, 0.3) is 0 Å². The van der Waals surface area contributed by atoms with E-state index in [1.54, 1.807) is 11.1 Å². The standard InChI is InChI=1S/C16H23NS/c17-15(9-12-5-7-18-8-6-12)11-14-10-13-3-1-2-4-16(13)14/h1-4,12,14-15H,5-11,17H2. The Bertz CT molecular complexity index is 398. The lowest BCUT2D eigenvalue weighted by atomic mass is 9.73. The van der Waals surface area contributed by atoms with E-state index in [0.29, 0.717) is 6.04 Å². The van der Waals surface area contributed by atoms with Crippen LogP contribution in [0.25, 0.3) is 0 Å². The van der Waals surface area contributed by atoms with Crippen LogP contribution in [0.15, 0.2) is 24.3 Å². The Balaban J connectivity index is 1.49. The van der Waals surface area contributed by atoms with Crippen LogP contribution >= 0.6 is 11.8 Å². The SMILES string of the molecule is NC(CC1CCSCC1)CC1Cc2ccccc21. The van der Waals surface area contributed by atoms with Crippen LogP contribution in [-0.4, -0.2) is 17.5 Å². The van der Waals surface area contributed by atoms with E-state index in [2.05, 4.69) is 36.0 Å². The van der Waals surface area contributed by atoms with Crippen molar-refractivity contribution in [2.75, 3.05) is 11.5 Å². The summed E-state index contributed by atoms with van der Waals surface area (Å²) in [7, 11) is 0. The van der Waals surface area contributed by atoms with Crippen LogP contribution in [-0.2, 0) is 6.42 Å². The molecule has 1 aliphatic carbocycles. The normalized spacial score (nSPS) is 25.3. The van der Waals surface area contributed by atoms with Crippen LogP contribution in [0.5, 0.6) is 0 Å². The van der Waals surface area contributed by atoms with Crippen molar-refractivity contribution in [1.82, 2.24) is 0 Å². The average Bonchev–Trinajstić information content (AvgIpc) is 2.37. The molecule has 2 atom stereocenters. The Labute approximate surface area is 115 Å². The largest absolute Gasteiger partial charge is 0.328 e. The molecule has 0 spiro atoms. The Morgan fingerprint density at radius 2 is 1.94 bits per heavy atom. The first kappa shape index (κ1) is 12.6. The van der Waals surface area contributed by atoms with Crippen LogP contribution in [0.4, 0.5) is 0 Å². The second-order valence-corrected chi connectivity index (χ2v) is 7.11. The molecule has 18 heavy (non-hydrogen) atoms. The molecule has 98 valence electrons. The van der Waals surface area contributed by atoms with Gasteiger partial charge in [0.2, 0.25) is 0 Å². The lowest BCUT2D eigenvalue weighted by Gasteiger charge is -2.33. The summed E-state index contributed by atoms with van der Waals surface area (Å²) in [5.74, 6) is 4.35. The molecule has 1 fully saturated rings. The zero-order chi connectivity index (χ0) is 12.4. The molecule has 0 saturated carbocycles. The predicted octanol–water partition coefficient (Wildman–Crippen LogP) is 3.58. The first-order valence-electron chi connectivity index (χ1n) is 7.24. The number of hydrogen-bond donors (Lipinski definition) is 1. The van der Waals surface area contributed by atoms with Crippen LogP contribution in [0.1, 0.15) is 42.7 Å². The molecule has 1 nitrogen and oxygen atoms in total. The minimum absolute atomic E-state index is 0.413. The van der Waals surface area contributed by atoms with Gasteiger partial charge in [-0.1, -0.05) is 24.3 Å². The fourth-order valence-electron chi connectivity index (χ4n) is 3.44. The predicted molar refractivity (Wildman–Crippen MR) is 80.1 cm³/mol. The molecule has 0 radical (unpaired) electrons. The van der Waals surface area contributed by atoms with Crippen LogP contribution < -0.4 is 5.73 Å². The van der Waals surface area contributed by atoms with Crippen molar-refractivity contribution in [1.29, 1.82) is 0 Å². The van der Waals surface area contributed by atoms with Gasteiger partial charge in [-0.15, -0.1) is 0 Å². The first-order chi connectivity index (χ1) is 8.83. The van der Waals surface area contributed by atoms with E-state index >= 15 is 0 Å². The fraction of sp³-hybridized carbons (Fsp3) is 0.625. The summed E-state index contributed by atoms with van der Waals surface area (Å²) >= 11 is 2.11. The molecule has 3 rings (SSSR count). The van der Waals surface area contributed by atoms with Crippen LogP contribution in [0.2, 0.25) is 0 Å². The molecule has 0 aromatic heterocycles. The molecule has 2 N–H and O–H groups in total. The van der Waals surface area contributed by atoms with Crippen molar-refractivity contribution in [2.45, 2.75) is 44.1 Å². The smallest absolute Gasteiger partial charge is 0.00474 e. The number of rotatable bonds is 4. The average molecular weight is 261 g/mol. The maximum absolute atomic E-state index is 6.37. The third-order valence-corrected chi connectivity index (χ3v) is 5.57. The van der Waals surface area contributed by atoms with E-state index in [-0.39, 0.29) is 0 Å². The van der Waals surface area contributed by atoms with Crippen molar-refractivity contribution in [3.63, 3.8) is 0 Å². The quantitative estimate of drug-likeness (QED) is 0.896. The van der Waals surface area contributed by atoms with Gasteiger partial charge in [0.15, 0.2) is 0 Å². The highest BCUT2D eigenvalue weighted by atomic mass is 32.2. The molecule has 0 bridgehead atoms. The third kappa shape index (κ3) is 2.75. The van der Waals surface area contributed by atoms with E-state index in [0.717, 1.165) is 11.8 Å². The molecule has 2 heteroatoms. The highest BCUT2D eigenvalue weighted by Crippen LogP contribution is 2.38. The van der Waals surface area contributed by atoms with E-state index in [1.165, 1.54) is 43.6 Å². The summed E-state index contributed by atoms with van der Waals surface area (Å²) in [6.07, 6.45) is 6.48. The first-order valence-corrected chi connectivity index (χ1v) is 8.39. The zero-order valence-electron chi connectivity index (χ0n) is 11.0. The molecule has 1 aromatic rings. The van der Waals surface area contributed by atoms with Gasteiger partial charge >= 0.3 is 0 Å². The van der Waals surface area contributed by atoms with Gasteiger partial charge in [-0.3, -0.25) is 0 Å². The number of benzene rings is 1. The summed E-state index contributed by atoms with van der Waals surface area (Å²) in [5.41, 5.74) is 9.47. The monoisotopic (exact) mass is 261 g/mol. The van der Waals surface area contributed by atoms with Gasteiger partial charge in [0.1, 0.15) is 0 Å². The molecular formula is C16H23NS. The highest BCUT2D eigenvalue weighted by Gasteiger charge is 2.28. The number of hydrogen-bond acceptors (Lipinski definition) is 2. The summed E-state index contributed by atoms with van der Waals surface area (Å²) in [4.78, 5) is 0. The molecule has 2 aliphatic rings. The maximum Gasteiger partial charge on any atom is 0.00474 e. The number of fused-ring (bicyclic) bond motifs is 1. The number of thioether (sulfide) groups is 1. The van der Waals surface area contributed by atoms with Gasteiger partial charge < -0.3 is 5.73 Å². The summed E-state index contributed by atoms with van der Waals surface area (Å²) in [6, 6.07) is 9.27. The molecule has 1 saturated heterocycles. The summed E-state index contributed by atoms with van der Waals surface area (Å²) in [5, 5.41) is 0. The zero-order valence-corrected chi connectivity index (χ0v) is 11.8. The molecule has 1 aromatic carbocycles. The van der Waals surface area contributed by atoms with E-state index in [1.807, 2.05) is 0 Å². The van der Waals surface area contributed by atoms with E-state index in [9.17, 15) is 0 Å². The van der Waals surface area contributed by atoms with Crippen molar-refractivity contribution >= 4 is 11.8 Å². The highest BCUT2D eigenvalue weighted by molar-refractivity contribution is 7.99. The van der Waals surface area contributed by atoms with E-state index < -0.39 is 0 Å². The molecule has 1 aliphatic heterocycles. The Kier molecular flexibility index (Phi) is 3.95. The minimum Gasteiger partial charge on any atom is -0.328 e. The third-order valence-electron chi connectivity index (χ3n) is 4.53. The van der Waals surface area contributed by atoms with Crippen LogP contribution in [0, 0.1) is 5.92 Å². The lowest BCUT2D eigenvalue weighted by molar-refractivity contribution is 0.371. The van der Waals surface area contributed by atoms with Crippen LogP contribution in [0.3, 0.4) is 0 Å². The molecular weight excluding hydrogens is 238 g/mol. The second kappa shape index (κ2) is 5.66. The van der Waals surface area contributed by atoms with Gasteiger partial charge in [-0.05, 0) is 66.6 Å². The fourth-order valence-corrected chi connectivity index (χ4v) is 4.65. The van der Waals surface area contributed by atoms with Crippen molar-refractivity contribution in [2.24, 2.45) is 11.7 Å². The van der Waals surface area contributed by atoms with Gasteiger partial charge in [-0.2, -0.15) is 11.8 Å². The topological polar surface area (TPSA) is 26.0 Å². The summed E-state index contributed by atoms with van der Waals surface area (Å²) in [6.45, 7) is 0. The van der Waals surface area contributed by atoms with E-state index in [4.69, 9.17) is 5.73 Å². The van der Waals surface area contributed by atoms with Gasteiger partial charge in [0, 0.05) is 6.04 Å². The molecule has 2 unspecified atom stereocenters. The summed E-state index contributed by atoms with van der Waals surface area (Å²) < 4.78 is 0. The molecule has 1 heterocycles. The van der Waals surface area contributed by atoms with Gasteiger partial charge in [0.05, 0.1) is 0 Å². The van der Waals surface area contributed by atoms with Crippen molar-refractivity contribution < 1.29 is 0 Å². The molecule has 0 amide bonds.